The fourth-order valence-electron chi connectivity index (χ4n) is 3.16. The van der Waals surface area contributed by atoms with Crippen LogP contribution < -0.4 is 10.1 Å². The minimum Gasteiger partial charge on any atom is -0.493 e. The molecule has 0 aromatic heterocycles. The van der Waals surface area contributed by atoms with Gasteiger partial charge >= 0.3 is 0 Å². The molecule has 1 aromatic rings. The monoisotopic (exact) mass is 261 g/mol. The predicted molar refractivity (Wildman–Crippen MR) is 75.6 cm³/mol. The average Bonchev–Trinajstić information content (AvgIpc) is 3.03. The number of ether oxygens (including phenoxy) is 1. The fourth-order valence-corrected chi connectivity index (χ4v) is 3.16. The van der Waals surface area contributed by atoms with E-state index in [2.05, 4.69) is 23.5 Å². The first-order valence-electron chi connectivity index (χ1n) is 7.43. The van der Waals surface area contributed by atoms with Gasteiger partial charge in [-0.2, -0.15) is 0 Å². The molecule has 0 spiro atoms. The SMILES string of the molecule is OC1(CNCCc2ccc3c(c2)CCO3)CCCC1. The summed E-state index contributed by atoms with van der Waals surface area (Å²) in [6, 6.07) is 6.49. The number of hydrogen-bond donors (Lipinski definition) is 2. The molecule has 0 amide bonds. The molecule has 0 unspecified atom stereocenters. The van der Waals surface area contributed by atoms with Crippen LogP contribution >= 0.6 is 0 Å². The maximum absolute atomic E-state index is 10.2. The van der Waals surface area contributed by atoms with E-state index in [1.165, 1.54) is 24.0 Å². The third-order valence-electron chi connectivity index (χ3n) is 4.33. The Hall–Kier alpha value is -1.06. The Morgan fingerprint density at radius 1 is 1.26 bits per heavy atom. The van der Waals surface area contributed by atoms with E-state index >= 15 is 0 Å². The van der Waals surface area contributed by atoms with Gasteiger partial charge in [0.15, 0.2) is 0 Å². The van der Waals surface area contributed by atoms with Crippen LogP contribution in [0.25, 0.3) is 0 Å². The zero-order valence-electron chi connectivity index (χ0n) is 11.5. The highest BCUT2D eigenvalue weighted by Crippen LogP contribution is 2.28. The van der Waals surface area contributed by atoms with Gasteiger partial charge in [-0.05, 0) is 43.0 Å². The van der Waals surface area contributed by atoms with Crippen molar-refractivity contribution in [3.05, 3.63) is 29.3 Å². The highest BCUT2D eigenvalue weighted by molar-refractivity contribution is 5.39. The van der Waals surface area contributed by atoms with Crippen molar-refractivity contribution in [3.8, 4) is 5.75 Å². The van der Waals surface area contributed by atoms with Crippen LogP contribution in [0, 0.1) is 0 Å². The van der Waals surface area contributed by atoms with E-state index in [4.69, 9.17) is 4.74 Å². The van der Waals surface area contributed by atoms with Gasteiger partial charge in [-0.3, -0.25) is 0 Å². The van der Waals surface area contributed by atoms with Crippen molar-refractivity contribution >= 4 is 0 Å². The van der Waals surface area contributed by atoms with Crippen LogP contribution in [-0.2, 0) is 12.8 Å². The fraction of sp³-hybridized carbons (Fsp3) is 0.625. The van der Waals surface area contributed by atoms with Crippen LogP contribution in [-0.4, -0.2) is 30.4 Å². The summed E-state index contributed by atoms with van der Waals surface area (Å²) in [7, 11) is 0. The molecule has 3 heteroatoms. The molecule has 1 fully saturated rings. The molecular formula is C16H23NO2. The lowest BCUT2D eigenvalue weighted by atomic mass is 10.0. The van der Waals surface area contributed by atoms with Gasteiger partial charge < -0.3 is 15.2 Å². The van der Waals surface area contributed by atoms with E-state index in [1.54, 1.807) is 0 Å². The molecule has 0 radical (unpaired) electrons. The molecule has 104 valence electrons. The molecule has 19 heavy (non-hydrogen) atoms. The van der Waals surface area contributed by atoms with Gasteiger partial charge in [-0.15, -0.1) is 0 Å². The molecule has 1 aromatic carbocycles. The first-order valence-corrected chi connectivity index (χ1v) is 7.43. The van der Waals surface area contributed by atoms with Crippen LogP contribution in [0.3, 0.4) is 0 Å². The van der Waals surface area contributed by atoms with Gasteiger partial charge in [0.1, 0.15) is 5.75 Å². The number of nitrogens with one attached hydrogen (secondary N) is 1. The standard InChI is InChI=1S/C16H23NO2/c18-16(7-1-2-8-16)12-17-9-5-13-3-4-15-14(11-13)6-10-19-15/h3-4,11,17-18H,1-2,5-10,12H2. The van der Waals surface area contributed by atoms with Crippen molar-refractivity contribution in [2.45, 2.75) is 44.1 Å². The second-order valence-electron chi connectivity index (χ2n) is 5.90. The van der Waals surface area contributed by atoms with E-state index in [0.717, 1.165) is 51.1 Å². The van der Waals surface area contributed by atoms with Gasteiger partial charge in [-0.1, -0.05) is 25.0 Å². The lowest BCUT2D eigenvalue weighted by Crippen LogP contribution is -2.38. The average molecular weight is 261 g/mol. The van der Waals surface area contributed by atoms with Crippen LogP contribution in [0.15, 0.2) is 18.2 Å². The topological polar surface area (TPSA) is 41.5 Å². The Balaban J connectivity index is 1.45. The lowest BCUT2D eigenvalue weighted by Gasteiger charge is -2.22. The Labute approximate surface area is 115 Å². The van der Waals surface area contributed by atoms with E-state index in [-0.39, 0.29) is 0 Å². The molecule has 0 atom stereocenters. The van der Waals surface area contributed by atoms with Gasteiger partial charge in [0.25, 0.3) is 0 Å². The first kappa shape index (κ1) is 12.9. The van der Waals surface area contributed by atoms with E-state index < -0.39 is 5.60 Å². The molecule has 0 saturated heterocycles. The molecular weight excluding hydrogens is 238 g/mol. The second-order valence-corrected chi connectivity index (χ2v) is 5.90. The van der Waals surface area contributed by atoms with Crippen LogP contribution in [0.5, 0.6) is 5.75 Å². The molecule has 2 N–H and O–H groups in total. The summed E-state index contributed by atoms with van der Waals surface area (Å²) < 4.78 is 5.51. The van der Waals surface area contributed by atoms with Gasteiger partial charge in [0.05, 0.1) is 12.2 Å². The Morgan fingerprint density at radius 3 is 2.95 bits per heavy atom. The molecule has 3 nitrogen and oxygen atoms in total. The molecule has 1 aliphatic carbocycles. The number of benzene rings is 1. The van der Waals surface area contributed by atoms with Gasteiger partial charge in [0.2, 0.25) is 0 Å². The second kappa shape index (κ2) is 5.51. The molecule has 3 rings (SSSR count). The molecule has 1 aliphatic heterocycles. The van der Waals surface area contributed by atoms with Crippen molar-refractivity contribution in [3.63, 3.8) is 0 Å². The summed E-state index contributed by atoms with van der Waals surface area (Å²) in [5, 5.41) is 13.6. The number of fused-ring (bicyclic) bond motifs is 1. The highest BCUT2D eigenvalue weighted by Gasteiger charge is 2.30. The Morgan fingerprint density at radius 2 is 2.11 bits per heavy atom. The summed E-state index contributed by atoms with van der Waals surface area (Å²) in [6.07, 6.45) is 6.30. The third-order valence-corrected chi connectivity index (χ3v) is 4.33. The van der Waals surface area contributed by atoms with Gasteiger partial charge in [-0.25, -0.2) is 0 Å². The smallest absolute Gasteiger partial charge is 0.122 e. The summed E-state index contributed by atoms with van der Waals surface area (Å²) in [5.74, 6) is 1.05. The van der Waals surface area contributed by atoms with Crippen molar-refractivity contribution in [2.24, 2.45) is 0 Å². The highest BCUT2D eigenvalue weighted by atomic mass is 16.5. The van der Waals surface area contributed by atoms with Crippen LogP contribution in [0.4, 0.5) is 0 Å². The van der Waals surface area contributed by atoms with E-state index in [0.29, 0.717) is 0 Å². The minimum absolute atomic E-state index is 0.439. The summed E-state index contributed by atoms with van der Waals surface area (Å²) in [6.45, 7) is 2.49. The summed E-state index contributed by atoms with van der Waals surface area (Å²) in [4.78, 5) is 0. The summed E-state index contributed by atoms with van der Waals surface area (Å²) >= 11 is 0. The van der Waals surface area contributed by atoms with Gasteiger partial charge in [0, 0.05) is 13.0 Å². The number of hydrogen-bond acceptors (Lipinski definition) is 3. The van der Waals surface area contributed by atoms with E-state index in [1.807, 2.05) is 0 Å². The largest absolute Gasteiger partial charge is 0.493 e. The van der Waals surface area contributed by atoms with Crippen molar-refractivity contribution < 1.29 is 9.84 Å². The zero-order valence-corrected chi connectivity index (χ0v) is 11.5. The maximum Gasteiger partial charge on any atom is 0.122 e. The molecule has 1 heterocycles. The maximum atomic E-state index is 10.2. The Bertz CT molecular complexity index is 438. The molecule has 1 saturated carbocycles. The molecule has 0 bridgehead atoms. The normalized spacial score (nSPS) is 20.3. The minimum atomic E-state index is -0.439. The first-order chi connectivity index (χ1) is 9.25. The van der Waals surface area contributed by atoms with Crippen LogP contribution in [0.1, 0.15) is 36.8 Å². The van der Waals surface area contributed by atoms with Crippen molar-refractivity contribution in [2.75, 3.05) is 19.7 Å². The molecule has 2 aliphatic rings. The number of aliphatic hydroxyl groups is 1. The Kier molecular flexibility index (Phi) is 3.76. The predicted octanol–water partition coefficient (Wildman–Crippen LogP) is 2.06. The van der Waals surface area contributed by atoms with E-state index in [9.17, 15) is 5.11 Å². The number of rotatable bonds is 5. The van der Waals surface area contributed by atoms with Crippen LogP contribution in [0.2, 0.25) is 0 Å². The van der Waals surface area contributed by atoms with Crippen molar-refractivity contribution in [1.82, 2.24) is 5.32 Å². The zero-order chi connectivity index (χ0) is 13.1. The van der Waals surface area contributed by atoms with Crippen molar-refractivity contribution in [1.29, 1.82) is 0 Å². The third kappa shape index (κ3) is 3.10. The lowest BCUT2D eigenvalue weighted by molar-refractivity contribution is 0.0481. The quantitative estimate of drug-likeness (QED) is 0.797. The summed E-state index contributed by atoms with van der Waals surface area (Å²) in [5.41, 5.74) is 2.26.